The summed E-state index contributed by atoms with van der Waals surface area (Å²) >= 11 is 1.84. The van der Waals surface area contributed by atoms with Gasteiger partial charge in [0.05, 0.1) is 17.1 Å². The Hall–Kier alpha value is -6.49. The third-order valence-electron chi connectivity index (χ3n) is 11.0. The highest BCUT2D eigenvalue weighted by atomic mass is 32.2. The number of nitrogens with zero attached hydrogens (tertiary/aromatic N) is 2. The van der Waals surface area contributed by atoms with Crippen molar-refractivity contribution in [3.8, 4) is 0 Å². The molecule has 1 N–H and O–H groups in total. The molecule has 1 heterocycles. The summed E-state index contributed by atoms with van der Waals surface area (Å²) in [5.41, 5.74) is 14.5. The van der Waals surface area contributed by atoms with Crippen LogP contribution in [0.2, 0.25) is 0 Å². The molecule has 1 aliphatic heterocycles. The SMILES string of the molecule is C1=CC(c2cc(N(C3=CC=C(c4ccccc4)CC3)c3cccc4ccccc34)ccc2Nc2ccc(N3c4ccccc4Sc4ccccc43)cc2)=CCC1. The van der Waals surface area contributed by atoms with Gasteiger partial charge in [-0.1, -0.05) is 127 Å². The van der Waals surface area contributed by atoms with E-state index in [4.69, 9.17) is 0 Å². The molecule has 270 valence electrons. The minimum Gasteiger partial charge on any atom is -0.355 e. The summed E-state index contributed by atoms with van der Waals surface area (Å²) in [6, 6.07) is 59.3. The van der Waals surface area contributed by atoms with Crippen molar-refractivity contribution in [1.82, 2.24) is 0 Å². The topological polar surface area (TPSA) is 18.5 Å². The van der Waals surface area contributed by atoms with Crippen LogP contribution < -0.4 is 15.1 Å². The second-order valence-electron chi connectivity index (χ2n) is 14.5. The van der Waals surface area contributed by atoms with Gasteiger partial charge in [-0.05, 0) is 127 Å². The van der Waals surface area contributed by atoms with Crippen molar-refractivity contribution in [1.29, 1.82) is 0 Å². The van der Waals surface area contributed by atoms with E-state index in [9.17, 15) is 0 Å². The van der Waals surface area contributed by atoms with Crippen LogP contribution in [0.25, 0.3) is 21.9 Å². The normalized spacial score (nSPS) is 14.6. The highest BCUT2D eigenvalue weighted by molar-refractivity contribution is 7.99. The molecular formula is C52H41N3S. The summed E-state index contributed by atoms with van der Waals surface area (Å²) < 4.78 is 0. The average Bonchev–Trinajstić information content (AvgIpc) is 3.27. The molecular weight excluding hydrogens is 699 g/mol. The van der Waals surface area contributed by atoms with E-state index in [1.807, 2.05) is 11.8 Å². The van der Waals surface area contributed by atoms with Crippen LogP contribution in [0.5, 0.6) is 0 Å². The Morgan fingerprint density at radius 1 is 0.607 bits per heavy atom. The van der Waals surface area contributed by atoms with Crippen LogP contribution in [-0.2, 0) is 0 Å². The first-order valence-corrected chi connectivity index (χ1v) is 20.4. The van der Waals surface area contributed by atoms with Crippen LogP contribution in [0.3, 0.4) is 0 Å². The Labute approximate surface area is 333 Å². The zero-order valence-electron chi connectivity index (χ0n) is 31.1. The summed E-state index contributed by atoms with van der Waals surface area (Å²) in [6.07, 6.45) is 15.7. The second kappa shape index (κ2) is 15.0. The molecule has 0 aromatic heterocycles. The number of rotatable bonds is 8. The van der Waals surface area contributed by atoms with E-state index in [0.29, 0.717) is 0 Å². The molecule has 0 radical (unpaired) electrons. The molecule has 2 aliphatic carbocycles. The molecule has 56 heavy (non-hydrogen) atoms. The first-order chi connectivity index (χ1) is 27.8. The Morgan fingerprint density at radius 3 is 2.09 bits per heavy atom. The molecule has 0 fully saturated rings. The quantitative estimate of drug-likeness (QED) is 0.167. The molecule has 3 aliphatic rings. The zero-order valence-corrected chi connectivity index (χ0v) is 31.9. The standard InChI is InChI=1S/C52H41N3S/c1-3-14-37(15-4-1)38-26-30-42(31-27-38)54(48-23-13-19-39-18-7-8-20-45(39)48)44-34-35-47(46(36-44)40-16-5-2-6-17-40)53-41-28-32-43(33-29-41)55-49-21-9-11-24-51(49)56-52-25-12-10-22-50(52)55/h1,3-5,7-26,28-30,32-36,53H,2,6,27,31H2. The van der Waals surface area contributed by atoms with Crippen LogP contribution >= 0.6 is 11.8 Å². The lowest BCUT2D eigenvalue weighted by molar-refractivity contribution is 0.931. The van der Waals surface area contributed by atoms with Gasteiger partial charge in [-0.2, -0.15) is 0 Å². The molecule has 0 amide bonds. The number of para-hydroxylation sites is 2. The Bertz CT molecular complexity index is 2650. The largest absolute Gasteiger partial charge is 0.355 e. The molecule has 0 bridgehead atoms. The van der Waals surface area contributed by atoms with Gasteiger partial charge in [-0.25, -0.2) is 0 Å². The molecule has 0 saturated carbocycles. The predicted octanol–water partition coefficient (Wildman–Crippen LogP) is 15.2. The molecule has 0 unspecified atom stereocenters. The van der Waals surface area contributed by atoms with Crippen molar-refractivity contribution in [2.24, 2.45) is 0 Å². The van der Waals surface area contributed by atoms with Gasteiger partial charge in [-0.3, -0.25) is 0 Å². The molecule has 0 spiro atoms. The number of nitrogens with one attached hydrogen (secondary N) is 1. The highest BCUT2D eigenvalue weighted by Crippen LogP contribution is 2.51. The fraction of sp³-hybridized carbons (Fsp3) is 0.0769. The Balaban J connectivity index is 1.04. The molecule has 7 aromatic carbocycles. The number of allylic oxidation sites excluding steroid dienone is 8. The van der Waals surface area contributed by atoms with Crippen molar-refractivity contribution in [2.45, 2.75) is 35.5 Å². The van der Waals surface area contributed by atoms with Crippen molar-refractivity contribution < 1.29 is 0 Å². The van der Waals surface area contributed by atoms with Gasteiger partial charge in [0.25, 0.3) is 0 Å². The molecule has 0 atom stereocenters. The van der Waals surface area contributed by atoms with Crippen LogP contribution in [-0.4, -0.2) is 0 Å². The van der Waals surface area contributed by atoms with E-state index >= 15 is 0 Å². The van der Waals surface area contributed by atoms with Gasteiger partial charge in [0.2, 0.25) is 0 Å². The first kappa shape index (κ1) is 34.0. The van der Waals surface area contributed by atoms with E-state index in [0.717, 1.165) is 48.4 Å². The lowest BCUT2D eigenvalue weighted by Gasteiger charge is -2.33. The second-order valence-corrected chi connectivity index (χ2v) is 15.5. The number of hydrogen-bond acceptors (Lipinski definition) is 4. The molecule has 7 aromatic rings. The molecule has 4 heteroatoms. The van der Waals surface area contributed by atoms with Crippen molar-refractivity contribution >= 4 is 73.5 Å². The van der Waals surface area contributed by atoms with E-state index < -0.39 is 0 Å². The van der Waals surface area contributed by atoms with Crippen LogP contribution in [0, 0.1) is 0 Å². The molecule has 3 nitrogen and oxygen atoms in total. The smallest absolute Gasteiger partial charge is 0.0601 e. The fourth-order valence-electron chi connectivity index (χ4n) is 8.23. The van der Waals surface area contributed by atoms with Gasteiger partial charge >= 0.3 is 0 Å². The third-order valence-corrected chi connectivity index (χ3v) is 12.1. The maximum Gasteiger partial charge on any atom is 0.0601 e. The van der Waals surface area contributed by atoms with Crippen LogP contribution in [0.1, 0.15) is 36.8 Å². The fourth-order valence-corrected chi connectivity index (χ4v) is 9.29. The maximum atomic E-state index is 3.84. The summed E-state index contributed by atoms with van der Waals surface area (Å²) in [7, 11) is 0. The van der Waals surface area contributed by atoms with E-state index in [-0.39, 0.29) is 0 Å². The summed E-state index contributed by atoms with van der Waals surface area (Å²) in [5.74, 6) is 0. The van der Waals surface area contributed by atoms with Crippen LogP contribution in [0.15, 0.2) is 210 Å². The van der Waals surface area contributed by atoms with Crippen molar-refractivity contribution in [3.05, 3.63) is 211 Å². The van der Waals surface area contributed by atoms with Gasteiger partial charge < -0.3 is 15.1 Å². The average molecular weight is 740 g/mol. The number of anilines is 7. The lowest BCUT2D eigenvalue weighted by atomic mass is 9.94. The summed E-state index contributed by atoms with van der Waals surface area (Å²) in [6.45, 7) is 0. The van der Waals surface area contributed by atoms with E-state index in [1.54, 1.807) is 0 Å². The van der Waals surface area contributed by atoms with Gasteiger partial charge in [-0.15, -0.1) is 0 Å². The van der Waals surface area contributed by atoms with Crippen LogP contribution in [0.4, 0.5) is 39.8 Å². The van der Waals surface area contributed by atoms with Gasteiger partial charge in [0.15, 0.2) is 0 Å². The Morgan fingerprint density at radius 2 is 1.34 bits per heavy atom. The summed E-state index contributed by atoms with van der Waals surface area (Å²) in [4.78, 5) is 7.40. The monoisotopic (exact) mass is 739 g/mol. The number of benzene rings is 7. The minimum absolute atomic E-state index is 0.943. The van der Waals surface area contributed by atoms with Crippen molar-refractivity contribution in [2.75, 3.05) is 15.1 Å². The number of fused-ring (bicyclic) bond motifs is 3. The number of hydrogen-bond donors (Lipinski definition) is 1. The van der Waals surface area contributed by atoms with Gasteiger partial charge in [0, 0.05) is 49.2 Å². The predicted molar refractivity (Wildman–Crippen MR) is 239 cm³/mol. The summed E-state index contributed by atoms with van der Waals surface area (Å²) in [5, 5.41) is 6.32. The Kier molecular flexibility index (Phi) is 9.10. The first-order valence-electron chi connectivity index (χ1n) is 19.5. The highest BCUT2D eigenvalue weighted by Gasteiger charge is 2.25. The van der Waals surface area contributed by atoms with Crippen molar-refractivity contribution in [3.63, 3.8) is 0 Å². The van der Waals surface area contributed by atoms with E-state index in [1.165, 1.54) is 65.6 Å². The zero-order chi connectivity index (χ0) is 37.3. The van der Waals surface area contributed by atoms with Gasteiger partial charge in [0.1, 0.15) is 0 Å². The minimum atomic E-state index is 0.943. The molecule has 10 rings (SSSR count). The third kappa shape index (κ3) is 6.52. The molecule has 0 saturated heterocycles. The lowest BCUT2D eigenvalue weighted by Crippen LogP contribution is -2.18. The maximum absolute atomic E-state index is 3.84. The van der Waals surface area contributed by atoms with E-state index in [2.05, 4.69) is 209 Å².